The van der Waals surface area contributed by atoms with Crippen molar-refractivity contribution < 1.29 is 9.53 Å². The summed E-state index contributed by atoms with van der Waals surface area (Å²) in [5.74, 6) is 0.215. The first-order chi connectivity index (χ1) is 9.46. The molecule has 0 aromatic carbocycles. The van der Waals surface area contributed by atoms with Crippen molar-refractivity contribution in [3.8, 4) is 6.01 Å². The fraction of sp³-hybridized carbons (Fsp3) is 0.667. The molecule has 1 amide bonds. The van der Waals surface area contributed by atoms with Crippen LogP contribution >= 0.6 is 11.6 Å². The number of aromatic nitrogens is 3. The van der Waals surface area contributed by atoms with Gasteiger partial charge in [-0.05, 0) is 31.9 Å². The number of amides is 1. The number of carbonyl (C=O) groups is 1. The molecule has 0 spiro atoms. The maximum atomic E-state index is 11.5. The molecule has 0 aliphatic carbocycles. The van der Waals surface area contributed by atoms with E-state index in [4.69, 9.17) is 16.3 Å². The van der Waals surface area contributed by atoms with Crippen LogP contribution < -0.4 is 15.0 Å². The van der Waals surface area contributed by atoms with Crippen LogP contribution in [0.2, 0.25) is 5.28 Å². The van der Waals surface area contributed by atoms with Gasteiger partial charge in [-0.25, -0.2) is 0 Å². The van der Waals surface area contributed by atoms with Gasteiger partial charge in [0.25, 0.3) is 0 Å². The predicted octanol–water partition coefficient (Wildman–Crippen LogP) is 1.27. The van der Waals surface area contributed by atoms with Crippen molar-refractivity contribution in [1.82, 2.24) is 20.3 Å². The van der Waals surface area contributed by atoms with Crippen molar-refractivity contribution in [3.63, 3.8) is 0 Å². The third kappa shape index (κ3) is 5.16. The topological polar surface area (TPSA) is 80.2 Å². The second kappa shape index (κ2) is 7.84. The van der Waals surface area contributed by atoms with E-state index < -0.39 is 0 Å². The van der Waals surface area contributed by atoms with Crippen LogP contribution in [0.3, 0.4) is 0 Å². The lowest BCUT2D eigenvalue weighted by atomic mass is 10.4. The summed E-state index contributed by atoms with van der Waals surface area (Å²) in [5.41, 5.74) is 0. The molecule has 0 bridgehead atoms. The summed E-state index contributed by atoms with van der Waals surface area (Å²) in [6, 6.07) is 0.160. The van der Waals surface area contributed by atoms with Gasteiger partial charge in [0.15, 0.2) is 0 Å². The minimum Gasteiger partial charge on any atom is -0.461 e. The zero-order valence-electron chi connectivity index (χ0n) is 12.2. The molecule has 7 nitrogen and oxygen atoms in total. The van der Waals surface area contributed by atoms with Crippen LogP contribution in [-0.2, 0) is 4.79 Å². The average molecular weight is 302 g/mol. The Morgan fingerprint density at radius 1 is 1.40 bits per heavy atom. The van der Waals surface area contributed by atoms with E-state index >= 15 is 0 Å². The molecule has 1 N–H and O–H groups in total. The highest BCUT2D eigenvalue weighted by molar-refractivity contribution is 6.28. The number of anilines is 1. The number of carbonyl (C=O) groups excluding carboxylic acids is 1. The van der Waals surface area contributed by atoms with Gasteiger partial charge in [0.1, 0.15) is 0 Å². The fourth-order valence-electron chi connectivity index (χ4n) is 1.50. The molecule has 0 radical (unpaired) electrons. The Bertz CT molecular complexity index is 455. The van der Waals surface area contributed by atoms with Crippen molar-refractivity contribution in [2.45, 2.75) is 33.3 Å². The lowest BCUT2D eigenvalue weighted by Gasteiger charge is -2.21. The summed E-state index contributed by atoms with van der Waals surface area (Å²) >= 11 is 5.88. The molecule has 0 aliphatic heterocycles. The third-order valence-corrected chi connectivity index (χ3v) is 2.48. The minimum absolute atomic E-state index is 0.0451. The van der Waals surface area contributed by atoms with E-state index in [1.54, 1.807) is 11.9 Å². The van der Waals surface area contributed by atoms with Crippen LogP contribution in [0.1, 0.15) is 27.2 Å². The van der Waals surface area contributed by atoms with E-state index in [9.17, 15) is 4.79 Å². The number of ether oxygens (including phenoxy) is 1. The quantitative estimate of drug-likeness (QED) is 0.817. The molecule has 1 aromatic heterocycles. The number of likely N-dealkylation sites (N-methyl/N-ethyl adjacent to an activating group) is 1. The molecule has 0 saturated carbocycles. The lowest BCUT2D eigenvalue weighted by molar-refractivity contribution is -0.119. The summed E-state index contributed by atoms with van der Waals surface area (Å²) in [7, 11) is 1.58. The Morgan fingerprint density at radius 2 is 2.10 bits per heavy atom. The van der Waals surface area contributed by atoms with Gasteiger partial charge in [-0.3, -0.25) is 4.79 Å². The zero-order chi connectivity index (χ0) is 15.1. The molecule has 1 heterocycles. The molecule has 1 aromatic rings. The second-order valence-electron chi connectivity index (χ2n) is 4.45. The van der Waals surface area contributed by atoms with Gasteiger partial charge in [0.2, 0.25) is 17.1 Å². The first-order valence-electron chi connectivity index (χ1n) is 6.50. The monoisotopic (exact) mass is 301 g/mol. The Hall–Kier alpha value is -1.63. The number of rotatable bonds is 7. The van der Waals surface area contributed by atoms with Gasteiger partial charge in [-0.2, -0.15) is 15.0 Å². The van der Waals surface area contributed by atoms with Crippen LogP contribution in [0, 0.1) is 0 Å². The minimum atomic E-state index is -0.124. The maximum absolute atomic E-state index is 11.5. The molecule has 8 heteroatoms. The third-order valence-electron chi connectivity index (χ3n) is 2.31. The van der Waals surface area contributed by atoms with Gasteiger partial charge < -0.3 is 15.0 Å². The summed E-state index contributed by atoms with van der Waals surface area (Å²) in [4.78, 5) is 25.4. The van der Waals surface area contributed by atoms with E-state index in [0.717, 1.165) is 6.42 Å². The van der Waals surface area contributed by atoms with Crippen LogP contribution in [0.4, 0.5) is 5.95 Å². The summed E-state index contributed by atoms with van der Waals surface area (Å²) in [5, 5.41) is 2.61. The molecular formula is C12H20ClN5O2. The molecule has 0 unspecified atom stereocenters. The molecular weight excluding hydrogens is 282 g/mol. The van der Waals surface area contributed by atoms with E-state index in [1.165, 1.54) is 0 Å². The Labute approximate surface area is 123 Å². The number of halogens is 1. The molecule has 0 atom stereocenters. The van der Waals surface area contributed by atoms with Gasteiger partial charge in [-0.15, -0.1) is 0 Å². The number of hydrogen-bond donors (Lipinski definition) is 1. The van der Waals surface area contributed by atoms with Gasteiger partial charge in [-0.1, -0.05) is 6.92 Å². The summed E-state index contributed by atoms with van der Waals surface area (Å²) < 4.78 is 5.42. The van der Waals surface area contributed by atoms with E-state index in [1.807, 2.05) is 20.8 Å². The standard InChI is InChI=1S/C12H20ClN5O2/c1-5-6-18(7-9(19)14-4)11-15-10(13)16-12(17-11)20-8(2)3/h8H,5-7H2,1-4H3,(H,14,19). The highest BCUT2D eigenvalue weighted by atomic mass is 35.5. The van der Waals surface area contributed by atoms with Crippen molar-refractivity contribution in [3.05, 3.63) is 5.28 Å². The number of nitrogens with one attached hydrogen (secondary N) is 1. The molecule has 0 fully saturated rings. The second-order valence-corrected chi connectivity index (χ2v) is 4.79. The molecule has 0 saturated heterocycles. The van der Waals surface area contributed by atoms with E-state index in [2.05, 4.69) is 20.3 Å². The first kappa shape index (κ1) is 16.4. The summed E-state index contributed by atoms with van der Waals surface area (Å²) in [6.45, 7) is 6.53. The van der Waals surface area contributed by atoms with Gasteiger partial charge in [0, 0.05) is 13.6 Å². The molecule has 20 heavy (non-hydrogen) atoms. The normalized spacial score (nSPS) is 10.5. The summed E-state index contributed by atoms with van der Waals surface area (Å²) in [6.07, 6.45) is 0.778. The number of nitrogens with zero attached hydrogens (tertiary/aromatic N) is 4. The predicted molar refractivity (Wildman–Crippen MR) is 77.2 cm³/mol. The van der Waals surface area contributed by atoms with Crippen molar-refractivity contribution in [1.29, 1.82) is 0 Å². The van der Waals surface area contributed by atoms with Crippen molar-refractivity contribution in [2.24, 2.45) is 0 Å². The van der Waals surface area contributed by atoms with Crippen LogP contribution in [0.15, 0.2) is 0 Å². The Morgan fingerprint density at radius 3 is 2.65 bits per heavy atom. The molecule has 0 aliphatic rings. The lowest BCUT2D eigenvalue weighted by Crippen LogP contribution is -2.37. The van der Waals surface area contributed by atoms with Crippen molar-refractivity contribution in [2.75, 3.05) is 25.0 Å². The smallest absolute Gasteiger partial charge is 0.322 e. The highest BCUT2D eigenvalue weighted by Gasteiger charge is 2.16. The SMILES string of the molecule is CCCN(CC(=O)NC)c1nc(Cl)nc(OC(C)C)n1. The number of hydrogen-bond acceptors (Lipinski definition) is 6. The fourth-order valence-corrected chi connectivity index (χ4v) is 1.65. The van der Waals surface area contributed by atoms with Crippen LogP contribution in [0.5, 0.6) is 6.01 Å². The van der Waals surface area contributed by atoms with E-state index in [-0.39, 0.29) is 29.8 Å². The Balaban J connectivity index is 2.99. The zero-order valence-corrected chi connectivity index (χ0v) is 12.9. The van der Waals surface area contributed by atoms with Gasteiger partial charge in [0.05, 0.1) is 12.6 Å². The largest absolute Gasteiger partial charge is 0.461 e. The Kier molecular flexibility index (Phi) is 6.44. The van der Waals surface area contributed by atoms with Crippen LogP contribution in [0.25, 0.3) is 0 Å². The van der Waals surface area contributed by atoms with E-state index in [0.29, 0.717) is 12.5 Å². The van der Waals surface area contributed by atoms with Gasteiger partial charge >= 0.3 is 6.01 Å². The van der Waals surface area contributed by atoms with Crippen molar-refractivity contribution >= 4 is 23.5 Å². The first-order valence-corrected chi connectivity index (χ1v) is 6.87. The molecule has 1 rings (SSSR count). The highest BCUT2D eigenvalue weighted by Crippen LogP contribution is 2.16. The molecule has 112 valence electrons. The average Bonchev–Trinajstić information content (AvgIpc) is 2.36. The van der Waals surface area contributed by atoms with Crippen LogP contribution in [-0.4, -0.2) is 47.1 Å². The maximum Gasteiger partial charge on any atom is 0.322 e.